The van der Waals surface area contributed by atoms with Gasteiger partial charge in [-0.05, 0) is 16.7 Å². The maximum Gasteiger partial charge on any atom is 0.311 e. The van der Waals surface area contributed by atoms with Crippen molar-refractivity contribution in [3.05, 3.63) is 128 Å². The summed E-state index contributed by atoms with van der Waals surface area (Å²) in [5.41, 5.74) is 8.46. The number of nitrogen functional groups attached to an aromatic ring is 1. The molecule has 1 saturated heterocycles. The number of aromatic amines is 1. The van der Waals surface area contributed by atoms with Gasteiger partial charge in [-0.1, -0.05) is 102 Å². The highest BCUT2D eigenvalue weighted by Crippen LogP contribution is 2.36. The van der Waals surface area contributed by atoms with Crippen molar-refractivity contribution in [3.8, 4) is 0 Å². The van der Waals surface area contributed by atoms with Crippen molar-refractivity contribution >= 4 is 27.6 Å². The average Bonchev–Trinajstić information content (AvgIpc) is 3.52. The summed E-state index contributed by atoms with van der Waals surface area (Å²) < 4.78 is 27.1. The molecule has 11 heteroatoms. The Bertz CT molecular complexity index is 1730. The van der Waals surface area contributed by atoms with Gasteiger partial charge in [0.05, 0.1) is 26.4 Å². The molecule has 42 heavy (non-hydrogen) atoms. The zero-order valence-electron chi connectivity index (χ0n) is 22.6. The van der Waals surface area contributed by atoms with E-state index in [1.54, 1.807) is 0 Å². The predicted molar refractivity (Wildman–Crippen MR) is 159 cm³/mol. The van der Waals surface area contributed by atoms with Crippen molar-refractivity contribution in [3.63, 3.8) is 0 Å². The Labute approximate surface area is 245 Å². The summed E-state index contributed by atoms with van der Waals surface area (Å²) in [6.07, 6.45) is -2.90. The van der Waals surface area contributed by atoms with Crippen molar-refractivity contribution in [2.45, 2.75) is 44.4 Å². The first-order valence-electron chi connectivity index (χ1n) is 13.6. The van der Waals surface area contributed by atoms with Crippen LogP contribution in [0.3, 0.4) is 0 Å². The number of nitrogens with zero attached hydrogens (tertiary/aromatic N) is 2. The lowest BCUT2D eigenvalue weighted by atomic mass is 10.1. The van der Waals surface area contributed by atoms with Gasteiger partial charge in [-0.2, -0.15) is 4.98 Å². The van der Waals surface area contributed by atoms with Crippen molar-refractivity contribution in [2.24, 2.45) is 0 Å². The second kappa shape index (κ2) is 12.8. The van der Waals surface area contributed by atoms with E-state index in [1.165, 1.54) is 4.57 Å². The molecular weight excluding hydrogens is 556 g/mol. The van der Waals surface area contributed by atoms with Crippen LogP contribution in [-0.4, -0.2) is 39.5 Å². The fourth-order valence-electron chi connectivity index (χ4n) is 5.00. The summed E-state index contributed by atoms with van der Waals surface area (Å²) in [6, 6.07) is 29.3. The Balaban J connectivity index is 1.35. The largest absolute Gasteiger partial charge is 0.374 e. The third kappa shape index (κ3) is 6.20. The first-order chi connectivity index (χ1) is 20.6. The number of aromatic nitrogens is 3. The van der Waals surface area contributed by atoms with Crippen molar-refractivity contribution in [1.82, 2.24) is 14.5 Å². The number of hydrogen-bond acceptors (Lipinski definition) is 9. The number of anilines is 1. The fraction of sp³-hybridized carbons (Fsp3) is 0.258. The molecule has 3 heterocycles. The third-order valence-electron chi connectivity index (χ3n) is 7.00. The van der Waals surface area contributed by atoms with Gasteiger partial charge >= 0.3 is 4.87 Å². The highest BCUT2D eigenvalue weighted by molar-refractivity contribution is 7.16. The molecule has 3 N–H and O–H groups in total. The zero-order valence-corrected chi connectivity index (χ0v) is 23.4. The summed E-state index contributed by atoms with van der Waals surface area (Å²) in [4.78, 5) is 32.3. The van der Waals surface area contributed by atoms with Gasteiger partial charge in [0.25, 0.3) is 5.56 Å². The monoisotopic (exact) mass is 586 g/mol. The van der Waals surface area contributed by atoms with Gasteiger partial charge in [0.2, 0.25) is 5.95 Å². The Hall–Kier alpha value is -4.13. The van der Waals surface area contributed by atoms with Crippen LogP contribution in [0.1, 0.15) is 22.9 Å². The molecule has 0 unspecified atom stereocenters. The molecule has 216 valence electrons. The normalized spacial score (nSPS) is 20.3. The molecule has 1 fully saturated rings. The van der Waals surface area contributed by atoms with Gasteiger partial charge in [0.15, 0.2) is 11.9 Å². The second-order valence-corrected chi connectivity index (χ2v) is 10.9. The standard InChI is InChI=1S/C31H30N4O6S/c32-30-33-27-26(28(36)34-30)42-31(37)35(27)29-25(40-18-22-14-8-3-9-15-22)24(39-17-21-12-6-2-7-13-21)23(41-29)19-38-16-20-10-4-1-5-11-20/h1-15,23-25,29H,16-19H2,(H3,32,33,34,36)/t23-,24-,25+,29-/m1/s1. The number of H-pyrrole nitrogens is 1. The van der Waals surface area contributed by atoms with Crippen LogP contribution in [0.4, 0.5) is 5.95 Å². The molecule has 3 aromatic carbocycles. The average molecular weight is 587 g/mol. The summed E-state index contributed by atoms with van der Waals surface area (Å²) >= 11 is 0.783. The van der Waals surface area contributed by atoms with Crippen LogP contribution < -0.4 is 16.2 Å². The molecule has 1 aliphatic heterocycles. The summed E-state index contributed by atoms with van der Waals surface area (Å²) in [6.45, 7) is 1.11. The molecule has 0 bridgehead atoms. The van der Waals surface area contributed by atoms with Gasteiger partial charge in [-0.3, -0.25) is 19.1 Å². The SMILES string of the molecule is Nc1nc2c(sc(=O)n2[C@@H]2O[C@H](COCc3ccccc3)[C@@H](OCc3ccccc3)[C@@H]2OCc2ccccc2)c(=O)[nH]1. The smallest absolute Gasteiger partial charge is 0.311 e. The second-order valence-electron chi connectivity index (χ2n) is 9.93. The third-order valence-corrected chi connectivity index (χ3v) is 7.94. The molecule has 1 aliphatic rings. The van der Waals surface area contributed by atoms with Crippen LogP contribution in [0.5, 0.6) is 0 Å². The highest BCUT2D eigenvalue weighted by atomic mass is 32.1. The highest BCUT2D eigenvalue weighted by Gasteiger charge is 2.48. The first-order valence-corrected chi connectivity index (χ1v) is 14.4. The van der Waals surface area contributed by atoms with Gasteiger partial charge < -0.3 is 24.7 Å². The molecule has 0 aliphatic carbocycles. The molecule has 0 spiro atoms. The summed E-state index contributed by atoms with van der Waals surface area (Å²) in [5, 5.41) is 0. The fourth-order valence-corrected chi connectivity index (χ4v) is 5.84. The minimum Gasteiger partial charge on any atom is -0.374 e. The quantitative estimate of drug-likeness (QED) is 0.237. The van der Waals surface area contributed by atoms with Crippen LogP contribution in [0.15, 0.2) is 101 Å². The number of nitrogens with one attached hydrogen (secondary N) is 1. The van der Waals surface area contributed by atoms with Gasteiger partial charge in [0, 0.05) is 0 Å². The maximum absolute atomic E-state index is 13.3. The number of thiazole rings is 1. The molecular formula is C31H30N4O6S. The van der Waals surface area contributed by atoms with E-state index in [4.69, 9.17) is 24.7 Å². The number of nitrogens with two attached hydrogens (primary N) is 1. The van der Waals surface area contributed by atoms with Gasteiger partial charge in [0.1, 0.15) is 23.0 Å². The number of hydrogen-bond donors (Lipinski definition) is 2. The zero-order chi connectivity index (χ0) is 28.9. The first kappa shape index (κ1) is 28.0. The van der Waals surface area contributed by atoms with Crippen LogP contribution in [0.2, 0.25) is 0 Å². The molecule has 5 aromatic rings. The number of fused-ring (bicyclic) bond motifs is 1. The van der Waals surface area contributed by atoms with Crippen LogP contribution in [0, 0.1) is 0 Å². The van der Waals surface area contributed by atoms with Crippen LogP contribution >= 0.6 is 11.3 Å². The minimum absolute atomic E-state index is 0.0987. The number of rotatable bonds is 11. The Kier molecular flexibility index (Phi) is 8.54. The Morgan fingerprint density at radius 2 is 1.36 bits per heavy atom. The Morgan fingerprint density at radius 3 is 1.95 bits per heavy atom. The lowest BCUT2D eigenvalue weighted by Gasteiger charge is -2.25. The van der Waals surface area contributed by atoms with Crippen molar-refractivity contribution < 1.29 is 18.9 Å². The number of ether oxygens (including phenoxy) is 4. The molecule has 4 atom stereocenters. The van der Waals surface area contributed by atoms with E-state index in [0.717, 1.165) is 28.0 Å². The number of benzene rings is 3. The molecule has 0 amide bonds. The summed E-state index contributed by atoms with van der Waals surface area (Å²) in [7, 11) is 0. The van der Waals surface area contributed by atoms with E-state index >= 15 is 0 Å². The van der Waals surface area contributed by atoms with E-state index in [-0.39, 0.29) is 29.5 Å². The molecule has 0 radical (unpaired) electrons. The topological polar surface area (TPSA) is 131 Å². The molecule has 6 rings (SSSR count). The van der Waals surface area contributed by atoms with E-state index in [0.29, 0.717) is 13.2 Å². The van der Waals surface area contributed by atoms with Crippen molar-refractivity contribution in [2.75, 3.05) is 12.3 Å². The predicted octanol–water partition coefficient (Wildman–Crippen LogP) is 4.01. The summed E-state index contributed by atoms with van der Waals surface area (Å²) in [5.74, 6) is -0.0987. The van der Waals surface area contributed by atoms with Gasteiger partial charge in [-0.15, -0.1) is 0 Å². The van der Waals surface area contributed by atoms with Crippen molar-refractivity contribution in [1.29, 1.82) is 0 Å². The van der Waals surface area contributed by atoms with Crippen LogP contribution in [-0.2, 0) is 38.8 Å². The van der Waals surface area contributed by atoms with E-state index in [1.807, 2.05) is 91.0 Å². The van der Waals surface area contributed by atoms with E-state index < -0.39 is 35.0 Å². The van der Waals surface area contributed by atoms with E-state index in [9.17, 15) is 9.59 Å². The molecule has 0 saturated carbocycles. The lowest BCUT2D eigenvalue weighted by Crippen LogP contribution is -2.39. The van der Waals surface area contributed by atoms with Gasteiger partial charge in [-0.25, -0.2) is 0 Å². The molecule has 2 aromatic heterocycles. The maximum atomic E-state index is 13.3. The van der Waals surface area contributed by atoms with Crippen LogP contribution in [0.25, 0.3) is 10.3 Å². The minimum atomic E-state index is -0.949. The Morgan fingerprint density at radius 1 is 0.810 bits per heavy atom. The molecule has 10 nitrogen and oxygen atoms in total. The van der Waals surface area contributed by atoms with E-state index in [2.05, 4.69) is 9.97 Å². The lowest BCUT2D eigenvalue weighted by molar-refractivity contribution is -0.0915.